The Hall–Kier alpha value is -0.700. The van der Waals surface area contributed by atoms with Crippen LogP contribution in [0, 0.1) is 0 Å². The first-order valence-corrected chi connectivity index (χ1v) is 8.22. The SMILES string of the molecule is CNCC1CN(CCS(=O)(=O)CCC(N)=O)CCO1. The number of carbonyl (C=O) groups excluding carboxylic acids is 1. The fraction of sp³-hybridized carbons (Fsp3) is 0.909. The minimum Gasteiger partial charge on any atom is -0.374 e. The third-order valence-corrected chi connectivity index (χ3v) is 4.66. The topological polar surface area (TPSA) is 102 Å². The Balaban J connectivity index is 2.32. The summed E-state index contributed by atoms with van der Waals surface area (Å²) >= 11 is 0. The zero-order valence-electron chi connectivity index (χ0n) is 11.3. The van der Waals surface area contributed by atoms with Crippen LogP contribution in [0.2, 0.25) is 0 Å². The molecule has 1 fully saturated rings. The van der Waals surface area contributed by atoms with Crippen LogP contribution in [-0.4, -0.2) is 76.7 Å². The summed E-state index contributed by atoms with van der Waals surface area (Å²) in [7, 11) is -1.35. The normalized spacial score (nSPS) is 21.4. The number of rotatable bonds is 8. The van der Waals surface area contributed by atoms with Gasteiger partial charge in [-0.25, -0.2) is 8.42 Å². The van der Waals surface area contributed by atoms with E-state index >= 15 is 0 Å². The molecule has 1 atom stereocenters. The Morgan fingerprint density at radius 3 is 2.84 bits per heavy atom. The highest BCUT2D eigenvalue weighted by molar-refractivity contribution is 7.91. The van der Waals surface area contributed by atoms with E-state index in [-0.39, 0.29) is 24.0 Å². The van der Waals surface area contributed by atoms with Crippen molar-refractivity contribution in [1.82, 2.24) is 10.2 Å². The average Bonchev–Trinajstić information content (AvgIpc) is 2.35. The van der Waals surface area contributed by atoms with E-state index in [4.69, 9.17) is 10.5 Å². The van der Waals surface area contributed by atoms with Crippen LogP contribution in [0.25, 0.3) is 0 Å². The van der Waals surface area contributed by atoms with Crippen LogP contribution in [0.4, 0.5) is 0 Å². The quantitative estimate of drug-likeness (QED) is 0.547. The predicted molar refractivity (Wildman–Crippen MR) is 72.6 cm³/mol. The molecule has 0 spiro atoms. The van der Waals surface area contributed by atoms with Gasteiger partial charge in [-0.15, -0.1) is 0 Å². The maximum absolute atomic E-state index is 11.7. The fourth-order valence-electron chi connectivity index (χ4n) is 1.96. The highest BCUT2D eigenvalue weighted by Gasteiger charge is 2.21. The molecule has 1 unspecified atom stereocenters. The minimum absolute atomic E-state index is 0.0621. The fourth-order valence-corrected chi connectivity index (χ4v) is 3.21. The molecule has 1 heterocycles. The summed E-state index contributed by atoms with van der Waals surface area (Å²) in [5, 5.41) is 3.04. The van der Waals surface area contributed by atoms with Gasteiger partial charge in [0.05, 0.1) is 24.2 Å². The van der Waals surface area contributed by atoms with E-state index in [0.29, 0.717) is 13.2 Å². The first-order chi connectivity index (χ1) is 8.93. The number of nitrogens with one attached hydrogen (secondary N) is 1. The van der Waals surface area contributed by atoms with E-state index in [1.807, 2.05) is 7.05 Å². The molecule has 1 rings (SSSR count). The molecule has 112 valence electrons. The molecule has 0 radical (unpaired) electrons. The highest BCUT2D eigenvalue weighted by Crippen LogP contribution is 2.05. The number of nitrogens with zero attached hydrogens (tertiary/aromatic N) is 1. The number of amides is 1. The lowest BCUT2D eigenvalue weighted by Crippen LogP contribution is -2.47. The van der Waals surface area contributed by atoms with Gasteiger partial charge in [0.1, 0.15) is 0 Å². The van der Waals surface area contributed by atoms with Crippen LogP contribution in [0.5, 0.6) is 0 Å². The number of hydrogen-bond donors (Lipinski definition) is 2. The average molecular weight is 293 g/mol. The number of sulfone groups is 1. The Bertz CT molecular complexity index is 383. The van der Waals surface area contributed by atoms with Crippen LogP contribution in [0.3, 0.4) is 0 Å². The third kappa shape index (κ3) is 6.86. The van der Waals surface area contributed by atoms with Crippen LogP contribution < -0.4 is 11.1 Å². The zero-order valence-corrected chi connectivity index (χ0v) is 12.1. The van der Waals surface area contributed by atoms with Gasteiger partial charge in [-0.1, -0.05) is 0 Å². The zero-order chi connectivity index (χ0) is 14.3. The highest BCUT2D eigenvalue weighted by atomic mass is 32.2. The molecule has 8 heteroatoms. The van der Waals surface area contributed by atoms with Crippen molar-refractivity contribution >= 4 is 15.7 Å². The molecule has 7 nitrogen and oxygen atoms in total. The monoisotopic (exact) mass is 293 g/mol. The van der Waals surface area contributed by atoms with E-state index in [1.165, 1.54) is 0 Å². The molecule has 19 heavy (non-hydrogen) atoms. The summed E-state index contributed by atoms with van der Waals surface area (Å²) < 4.78 is 29.0. The van der Waals surface area contributed by atoms with E-state index in [1.54, 1.807) is 0 Å². The number of morpholine rings is 1. The standard InChI is InChI=1S/C11H23N3O4S/c1-13-8-10-9-14(3-5-18-10)4-7-19(16,17)6-2-11(12)15/h10,13H,2-9H2,1H3,(H2,12,15). The van der Waals surface area contributed by atoms with Crippen molar-refractivity contribution in [3.63, 3.8) is 0 Å². The van der Waals surface area contributed by atoms with Crippen molar-refractivity contribution in [2.45, 2.75) is 12.5 Å². The number of likely N-dealkylation sites (N-methyl/N-ethyl adjacent to an activating group) is 1. The predicted octanol–water partition coefficient (Wildman–Crippen LogP) is -1.80. The van der Waals surface area contributed by atoms with Crippen molar-refractivity contribution < 1.29 is 17.9 Å². The largest absolute Gasteiger partial charge is 0.374 e. The summed E-state index contributed by atoms with van der Waals surface area (Å²) in [6, 6.07) is 0. The first kappa shape index (κ1) is 16.4. The molecule has 0 aromatic rings. The lowest BCUT2D eigenvalue weighted by molar-refractivity contribution is -0.117. The van der Waals surface area contributed by atoms with Crippen molar-refractivity contribution in [2.24, 2.45) is 5.73 Å². The Morgan fingerprint density at radius 2 is 2.21 bits per heavy atom. The van der Waals surface area contributed by atoms with E-state index < -0.39 is 15.7 Å². The maximum Gasteiger partial charge on any atom is 0.218 e. The number of ether oxygens (including phenoxy) is 1. The molecule has 3 N–H and O–H groups in total. The molecule has 0 aromatic heterocycles. The smallest absolute Gasteiger partial charge is 0.218 e. The van der Waals surface area contributed by atoms with Crippen molar-refractivity contribution in [2.75, 3.05) is 51.3 Å². The minimum atomic E-state index is -3.20. The van der Waals surface area contributed by atoms with Crippen molar-refractivity contribution in [1.29, 1.82) is 0 Å². The van der Waals surface area contributed by atoms with Gasteiger partial charge < -0.3 is 15.8 Å². The number of hydrogen-bond acceptors (Lipinski definition) is 6. The first-order valence-electron chi connectivity index (χ1n) is 6.40. The molecule has 1 amide bonds. The van der Waals surface area contributed by atoms with E-state index in [9.17, 15) is 13.2 Å². The third-order valence-electron chi connectivity index (χ3n) is 3.03. The maximum atomic E-state index is 11.7. The van der Waals surface area contributed by atoms with Gasteiger partial charge in [-0.3, -0.25) is 9.69 Å². The lowest BCUT2D eigenvalue weighted by Gasteiger charge is -2.32. The molecular weight excluding hydrogens is 270 g/mol. The van der Waals surface area contributed by atoms with Gasteiger partial charge in [0.15, 0.2) is 9.84 Å². The second-order valence-electron chi connectivity index (χ2n) is 4.72. The molecular formula is C11H23N3O4S. The Morgan fingerprint density at radius 1 is 1.47 bits per heavy atom. The number of carbonyl (C=O) groups is 1. The summed E-state index contributed by atoms with van der Waals surface area (Å²) in [6.45, 7) is 3.32. The van der Waals surface area contributed by atoms with Gasteiger partial charge >= 0.3 is 0 Å². The molecule has 0 saturated carbocycles. The summed E-state index contributed by atoms with van der Waals surface area (Å²) in [4.78, 5) is 12.7. The molecule has 0 aliphatic carbocycles. The second kappa shape index (κ2) is 7.78. The second-order valence-corrected chi connectivity index (χ2v) is 7.02. The van der Waals surface area contributed by atoms with Gasteiger partial charge in [0, 0.05) is 32.6 Å². The summed E-state index contributed by atoms with van der Waals surface area (Å²) in [5.74, 6) is -0.678. The molecule has 1 aliphatic rings. The summed E-state index contributed by atoms with van der Waals surface area (Å²) in [5.41, 5.74) is 4.95. The molecule has 1 aliphatic heterocycles. The van der Waals surface area contributed by atoms with Crippen LogP contribution in [0.1, 0.15) is 6.42 Å². The van der Waals surface area contributed by atoms with Gasteiger partial charge in [0.25, 0.3) is 0 Å². The van der Waals surface area contributed by atoms with Gasteiger partial charge in [-0.05, 0) is 7.05 Å². The Labute approximate surface area is 114 Å². The van der Waals surface area contributed by atoms with E-state index in [0.717, 1.165) is 19.6 Å². The van der Waals surface area contributed by atoms with Gasteiger partial charge in [-0.2, -0.15) is 0 Å². The molecule has 0 bridgehead atoms. The van der Waals surface area contributed by atoms with Crippen molar-refractivity contribution in [3.05, 3.63) is 0 Å². The Kier molecular flexibility index (Phi) is 6.70. The van der Waals surface area contributed by atoms with Crippen LogP contribution in [-0.2, 0) is 19.4 Å². The van der Waals surface area contributed by atoms with Gasteiger partial charge in [0.2, 0.25) is 5.91 Å². The van der Waals surface area contributed by atoms with Crippen LogP contribution >= 0.6 is 0 Å². The van der Waals surface area contributed by atoms with Crippen LogP contribution in [0.15, 0.2) is 0 Å². The van der Waals surface area contributed by atoms with Crippen molar-refractivity contribution in [3.8, 4) is 0 Å². The molecule has 0 aromatic carbocycles. The molecule has 1 saturated heterocycles. The summed E-state index contributed by atoms with van der Waals surface area (Å²) in [6.07, 6.45) is 0.000423. The number of nitrogens with two attached hydrogens (primary N) is 1. The van der Waals surface area contributed by atoms with E-state index in [2.05, 4.69) is 10.2 Å². The lowest BCUT2D eigenvalue weighted by atomic mass is 10.2. The number of primary amides is 1.